The number of methoxy groups -OCH3 is 2. The number of amides is 3. The summed E-state index contributed by atoms with van der Waals surface area (Å²) in [6.45, 7) is 2.34. The first kappa shape index (κ1) is 22.9. The number of benzene rings is 2. The third-order valence-electron chi connectivity index (χ3n) is 6.87. The van der Waals surface area contributed by atoms with Crippen LogP contribution in [0.2, 0.25) is 0 Å². The Morgan fingerprint density at radius 1 is 1.06 bits per heavy atom. The summed E-state index contributed by atoms with van der Waals surface area (Å²) in [6.07, 6.45) is 2.01. The van der Waals surface area contributed by atoms with E-state index in [0.717, 1.165) is 49.4 Å². The van der Waals surface area contributed by atoms with Gasteiger partial charge in [0.05, 0.1) is 14.2 Å². The molecule has 0 saturated carbocycles. The van der Waals surface area contributed by atoms with Gasteiger partial charge in [0.25, 0.3) is 5.91 Å². The van der Waals surface area contributed by atoms with Gasteiger partial charge in [-0.3, -0.25) is 14.6 Å². The average Bonchev–Trinajstić information content (AvgIpc) is 3.05. The van der Waals surface area contributed by atoms with Crippen molar-refractivity contribution in [1.29, 1.82) is 0 Å². The van der Waals surface area contributed by atoms with Gasteiger partial charge in [-0.25, -0.2) is 4.79 Å². The molecule has 2 aromatic rings. The van der Waals surface area contributed by atoms with Crippen LogP contribution >= 0.6 is 0 Å². The summed E-state index contributed by atoms with van der Waals surface area (Å²) < 4.78 is 10.6. The highest BCUT2D eigenvalue weighted by Crippen LogP contribution is 2.37. The molecule has 1 atom stereocenters. The molecule has 176 valence electrons. The highest BCUT2D eigenvalue weighted by Gasteiger charge is 2.54. The molecule has 0 spiro atoms. The van der Waals surface area contributed by atoms with Gasteiger partial charge in [-0.15, -0.1) is 0 Å². The SMILES string of the molecule is COc1cccc(CC2(C3CCN(Cc4ccc(O)c(OC)c4)CC3)NC(=O)N(C)C2=O)c1. The second kappa shape index (κ2) is 9.31. The molecule has 33 heavy (non-hydrogen) atoms. The summed E-state index contributed by atoms with van der Waals surface area (Å²) in [5.41, 5.74) is 1.06. The molecule has 2 aliphatic heterocycles. The molecule has 0 aromatic heterocycles. The standard InChI is InChI=1S/C25H31N3O5/c1-27-23(30)25(26-24(27)31,15-17-5-4-6-20(13-17)32-2)19-9-11-28(12-10-19)16-18-7-8-21(29)22(14-18)33-3/h4-8,13-14,19,29H,9-12,15-16H2,1-3H3,(H,26,31). The van der Waals surface area contributed by atoms with Gasteiger partial charge in [0.2, 0.25) is 0 Å². The van der Waals surface area contributed by atoms with Gasteiger partial charge in [-0.1, -0.05) is 18.2 Å². The van der Waals surface area contributed by atoms with Crippen molar-refractivity contribution in [2.45, 2.75) is 31.3 Å². The van der Waals surface area contributed by atoms with Crippen molar-refractivity contribution in [2.24, 2.45) is 5.92 Å². The number of aromatic hydroxyl groups is 1. The Morgan fingerprint density at radius 3 is 2.45 bits per heavy atom. The number of hydrogen-bond donors (Lipinski definition) is 2. The molecule has 4 rings (SSSR count). The van der Waals surface area contributed by atoms with E-state index >= 15 is 0 Å². The van der Waals surface area contributed by atoms with E-state index in [1.54, 1.807) is 20.2 Å². The molecule has 3 amide bonds. The van der Waals surface area contributed by atoms with Crippen LogP contribution in [0, 0.1) is 5.92 Å². The predicted octanol–water partition coefficient (Wildman–Crippen LogP) is 2.78. The minimum atomic E-state index is -0.952. The number of urea groups is 1. The molecule has 2 aliphatic rings. The number of phenols is 1. The molecule has 0 aliphatic carbocycles. The fraction of sp³-hybridized carbons (Fsp3) is 0.440. The molecule has 2 saturated heterocycles. The van der Waals surface area contributed by atoms with Crippen LogP contribution in [-0.4, -0.2) is 66.7 Å². The topological polar surface area (TPSA) is 91.3 Å². The Morgan fingerprint density at radius 2 is 1.82 bits per heavy atom. The molecular weight excluding hydrogens is 422 g/mol. The zero-order valence-electron chi connectivity index (χ0n) is 19.3. The summed E-state index contributed by atoms with van der Waals surface area (Å²) >= 11 is 0. The maximum atomic E-state index is 13.3. The molecule has 0 bridgehead atoms. The number of carbonyl (C=O) groups is 2. The number of imide groups is 1. The number of hydrogen-bond acceptors (Lipinski definition) is 6. The van der Waals surface area contributed by atoms with Gasteiger partial charge in [0, 0.05) is 20.0 Å². The number of likely N-dealkylation sites (N-methyl/N-ethyl adjacent to an activating group) is 1. The van der Waals surface area contributed by atoms with E-state index in [9.17, 15) is 14.7 Å². The first-order valence-electron chi connectivity index (χ1n) is 11.2. The van der Waals surface area contributed by atoms with Crippen LogP contribution in [0.3, 0.4) is 0 Å². The fourth-order valence-electron chi connectivity index (χ4n) is 5.03. The van der Waals surface area contributed by atoms with E-state index < -0.39 is 5.54 Å². The van der Waals surface area contributed by atoms with E-state index in [4.69, 9.17) is 9.47 Å². The molecule has 2 heterocycles. The highest BCUT2D eigenvalue weighted by atomic mass is 16.5. The van der Waals surface area contributed by atoms with E-state index in [2.05, 4.69) is 10.2 Å². The zero-order chi connectivity index (χ0) is 23.6. The number of nitrogens with zero attached hydrogens (tertiary/aromatic N) is 2. The lowest BCUT2D eigenvalue weighted by molar-refractivity contribution is -0.133. The van der Waals surface area contributed by atoms with Gasteiger partial charge in [0.1, 0.15) is 11.3 Å². The molecule has 1 unspecified atom stereocenters. The molecule has 8 nitrogen and oxygen atoms in total. The van der Waals surface area contributed by atoms with Crippen molar-refractivity contribution in [3.8, 4) is 17.2 Å². The number of ether oxygens (including phenoxy) is 2. The van der Waals surface area contributed by atoms with Gasteiger partial charge in [-0.2, -0.15) is 0 Å². The largest absolute Gasteiger partial charge is 0.504 e. The summed E-state index contributed by atoms with van der Waals surface area (Å²) in [5, 5.41) is 12.9. The molecule has 8 heteroatoms. The predicted molar refractivity (Wildman–Crippen MR) is 123 cm³/mol. The second-order valence-electron chi connectivity index (χ2n) is 8.85. The third kappa shape index (κ3) is 4.48. The number of likely N-dealkylation sites (tertiary alicyclic amines) is 1. The first-order chi connectivity index (χ1) is 15.9. The Balaban J connectivity index is 1.50. The van der Waals surface area contributed by atoms with Crippen molar-refractivity contribution >= 4 is 11.9 Å². The lowest BCUT2D eigenvalue weighted by Gasteiger charge is -2.41. The zero-order valence-corrected chi connectivity index (χ0v) is 19.3. The molecule has 2 fully saturated rings. The summed E-state index contributed by atoms with van der Waals surface area (Å²) in [4.78, 5) is 29.3. The smallest absolute Gasteiger partial charge is 0.324 e. The van der Waals surface area contributed by atoms with E-state index in [1.165, 1.54) is 12.0 Å². The monoisotopic (exact) mass is 453 g/mol. The number of rotatable bonds is 7. The fourth-order valence-corrected chi connectivity index (χ4v) is 5.03. The van der Waals surface area contributed by atoms with Crippen LogP contribution in [0.1, 0.15) is 24.0 Å². The Kier molecular flexibility index (Phi) is 6.47. The molecule has 2 N–H and O–H groups in total. The number of piperidine rings is 1. The minimum absolute atomic E-state index is 0.0238. The number of nitrogens with one attached hydrogen (secondary N) is 1. The number of phenolic OH excluding ortho intramolecular Hbond substituents is 1. The van der Waals surface area contributed by atoms with Crippen molar-refractivity contribution in [3.05, 3.63) is 53.6 Å². The van der Waals surface area contributed by atoms with Crippen LogP contribution in [0.4, 0.5) is 4.79 Å². The van der Waals surface area contributed by atoms with E-state index in [0.29, 0.717) is 12.2 Å². The lowest BCUT2D eigenvalue weighted by atomic mass is 9.74. The number of carbonyl (C=O) groups excluding carboxylic acids is 2. The lowest BCUT2D eigenvalue weighted by Crippen LogP contribution is -2.57. The first-order valence-corrected chi connectivity index (χ1v) is 11.2. The quantitative estimate of drug-likeness (QED) is 0.627. The van der Waals surface area contributed by atoms with Gasteiger partial charge < -0.3 is 19.9 Å². The van der Waals surface area contributed by atoms with Crippen LogP contribution in [0.15, 0.2) is 42.5 Å². The van der Waals surface area contributed by atoms with Gasteiger partial charge >= 0.3 is 6.03 Å². The maximum Gasteiger partial charge on any atom is 0.324 e. The molecule has 0 radical (unpaired) electrons. The summed E-state index contributed by atoms with van der Waals surface area (Å²) in [5.74, 6) is 1.17. The average molecular weight is 454 g/mol. The van der Waals surface area contributed by atoms with Crippen LogP contribution in [0.25, 0.3) is 0 Å². The van der Waals surface area contributed by atoms with Crippen molar-refractivity contribution < 1.29 is 24.2 Å². The highest BCUT2D eigenvalue weighted by molar-refractivity contribution is 6.07. The second-order valence-corrected chi connectivity index (χ2v) is 8.85. The summed E-state index contributed by atoms with van der Waals surface area (Å²) in [7, 11) is 4.69. The van der Waals surface area contributed by atoms with Gasteiger partial charge in [0.15, 0.2) is 11.5 Å². The molecule has 2 aromatic carbocycles. The Bertz CT molecular complexity index is 1030. The Hall–Kier alpha value is -3.26. The third-order valence-corrected chi connectivity index (χ3v) is 6.87. The van der Waals surface area contributed by atoms with Crippen LogP contribution < -0.4 is 14.8 Å². The molecular formula is C25H31N3O5. The minimum Gasteiger partial charge on any atom is -0.504 e. The van der Waals surface area contributed by atoms with E-state index in [1.807, 2.05) is 36.4 Å². The summed E-state index contributed by atoms with van der Waals surface area (Å²) in [6, 6.07) is 12.7. The maximum absolute atomic E-state index is 13.3. The van der Waals surface area contributed by atoms with E-state index in [-0.39, 0.29) is 23.6 Å². The Labute approximate surface area is 194 Å². The van der Waals surface area contributed by atoms with Crippen LogP contribution in [-0.2, 0) is 17.8 Å². The van der Waals surface area contributed by atoms with Crippen molar-refractivity contribution in [1.82, 2.24) is 15.1 Å². The van der Waals surface area contributed by atoms with Crippen LogP contribution in [0.5, 0.6) is 17.2 Å². The van der Waals surface area contributed by atoms with Gasteiger partial charge in [-0.05, 0) is 67.2 Å². The normalized spacial score (nSPS) is 21.8. The van der Waals surface area contributed by atoms with Crippen molar-refractivity contribution in [2.75, 3.05) is 34.4 Å². The van der Waals surface area contributed by atoms with Crippen molar-refractivity contribution in [3.63, 3.8) is 0 Å².